The second-order valence-corrected chi connectivity index (χ2v) is 6.07. The number of alkyl halides is 3. The molecule has 0 aliphatic carbocycles. The van der Waals surface area contributed by atoms with Gasteiger partial charge in [-0.15, -0.1) is 0 Å². The van der Waals surface area contributed by atoms with Gasteiger partial charge in [0.1, 0.15) is 0 Å². The number of nitrogens with zero attached hydrogens (tertiary/aromatic N) is 1. The van der Waals surface area contributed by atoms with Gasteiger partial charge in [-0.25, -0.2) is 0 Å². The largest absolute Gasteiger partial charge is 0.433 e. The van der Waals surface area contributed by atoms with Crippen molar-refractivity contribution in [3.8, 4) is 11.1 Å². The van der Waals surface area contributed by atoms with Gasteiger partial charge < -0.3 is 0 Å². The number of aromatic nitrogens is 1. The highest BCUT2D eigenvalue weighted by molar-refractivity contribution is 6.56. The number of hydrogen-bond donors (Lipinski definition) is 0. The number of hydrogen-bond acceptors (Lipinski definition) is 2. The molecule has 1 aromatic heterocycles. The molecule has 2 rings (SSSR count). The summed E-state index contributed by atoms with van der Waals surface area (Å²) in [6, 6.07) is 1.08. The standard InChI is InChI=1S/C13H3Cl5F3NO/c14-7-6(8(15)10(17)11(18)9(7)16)5-4(3-23)1-2-22-12(5)13(19,20)21/h1-3H. The highest BCUT2D eigenvalue weighted by atomic mass is 35.5. The topological polar surface area (TPSA) is 30.0 Å². The van der Waals surface area contributed by atoms with Crippen molar-refractivity contribution in [1.82, 2.24) is 4.98 Å². The second kappa shape index (κ2) is 6.65. The molecule has 122 valence electrons. The van der Waals surface area contributed by atoms with Crippen molar-refractivity contribution in [2.75, 3.05) is 0 Å². The third-order valence-electron chi connectivity index (χ3n) is 2.84. The minimum atomic E-state index is -4.86. The van der Waals surface area contributed by atoms with Crippen molar-refractivity contribution in [3.63, 3.8) is 0 Å². The van der Waals surface area contributed by atoms with E-state index in [0.717, 1.165) is 12.3 Å². The number of carbonyl (C=O) groups excluding carboxylic acids is 1. The average molecular weight is 423 g/mol. The Bertz CT molecular complexity index is 778. The van der Waals surface area contributed by atoms with E-state index in [0.29, 0.717) is 0 Å². The fourth-order valence-corrected chi connectivity index (χ4v) is 3.20. The molecule has 0 saturated carbocycles. The number of halogens is 8. The number of pyridine rings is 1. The first kappa shape index (κ1) is 18.6. The summed E-state index contributed by atoms with van der Waals surface area (Å²) in [4.78, 5) is 14.4. The van der Waals surface area contributed by atoms with Crippen LogP contribution < -0.4 is 0 Å². The second-order valence-electron chi connectivity index (χ2n) is 4.18. The summed E-state index contributed by atoms with van der Waals surface area (Å²) in [6.45, 7) is 0. The van der Waals surface area contributed by atoms with Gasteiger partial charge in [-0.1, -0.05) is 58.0 Å². The first-order valence-corrected chi connectivity index (χ1v) is 7.53. The Morgan fingerprint density at radius 3 is 1.78 bits per heavy atom. The van der Waals surface area contributed by atoms with Crippen molar-refractivity contribution in [2.45, 2.75) is 6.18 Å². The van der Waals surface area contributed by atoms with E-state index in [1.54, 1.807) is 0 Å². The van der Waals surface area contributed by atoms with Crippen LogP contribution in [0.15, 0.2) is 12.3 Å². The van der Waals surface area contributed by atoms with Crippen LogP contribution in [0, 0.1) is 0 Å². The fraction of sp³-hybridized carbons (Fsp3) is 0.0769. The van der Waals surface area contributed by atoms with Crippen LogP contribution in [0.1, 0.15) is 16.1 Å². The molecule has 0 atom stereocenters. The Labute approximate surface area is 153 Å². The molecular weight excluding hydrogens is 420 g/mol. The van der Waals surface area contributed by atoms with E-state index in [2.05, 4.69) is 4.98 Å². The lowest BCUT2D eigenvalue weighted by Crippen LogP contribution is -2.12. The predicted octanol–water partition coefficient (Wildman–Crippen LogP) is 6.85. The van der Waals surface area contributed by atoms with E-state index in [4.69, 9.17) is 58.0 Å². The number of benzene rings is 1. The molecule has 0 spiro atoms. The van der Waals surface area contributed by atoms with Gasteiger partial charge in [0, 0.05) is 22.9 Å². The molecular formula is C13H3Cl5F3NO. The van der Waals surface area contributed by atoms with E-state index in [1.807, 2.05) is 0 Å². The maximum atomic E-state index is 13.2. The Balaban J connectivity index is 3.02. The van der Waals surface area contributed by atoms with Crippen LogP contribution in [-0.2, 0) is 6.18 Å². The van der Waals surface area contributed by atoms with Crippen LogP contribution in [0.3, 0.4) is 0 Å². The Morgan fingerprint density at radius 1 is 0.870 bits per heavy atom. The summed E-state index contributed by atoms with van der Waals surface area (Å²) in [5.74, 6) is 0. The monoisotopic (exact) mass is 421 g/mol. The third kappa shape index (κ3) is 3.26. The third-order valence-corrected chi connectivity index (χ3v) is 5.12. The average Bonchev–Trinajstić information content (AvgIpc) is 2.50. The molecule has 0 amide bonds. The highest BCUT2D eigenvalue weighted by Gasteiger charge is 2.38. The lowest BCUT2D eigenvalue weighted by atomic mass is 9.98. The number of aldehydes is 1. The van der Waals surface area contributed by atoms with E-state index in [1.165, 1.54) is 0 Å². The van der Waals surface area contributed by atoms with Crippen LogP contribution in [0.25, 0.3) is 11.1 Å². The van der Waals surface area contributed by atoms with E-state index in [9.17, 15) is 18.0 Å². The SMILES string of the molecule is O=Cc1ccnc(C(F)(F)F)c1-c1c(Cl)c(Cl)c(Cl)c(Cl)c1Cl. The lowest BCUT2D eigenvalue weighted by molar-refractivity contribution is -0.140. The summed E-state index contributed by atoms with van der Waals surface area (Å²) >= 11 is 29.5. The molecule has 0 aliphatic rings. The highest BCUT2D eigenvalue weighted by Crippen LogP contribution is 2.50. The van der Waals surface area contributed by atoms with Gasteiger partial charge in [-0.05, 0) is 6.07 Å². The van der Waals surface area contributed by atoms with E-state index >= 15 is 0 Å². The molecule has 1 aromatic carbocycles. The minimum absolute atomic E-state index is 0.211. The van der Waals surface area contributed by atoms with E-state index in [-0.39, 0.29) is 42.5 Å². The Morgan fingerprint density at radius 2 is 1.35 bits per heavy atom. The molecule has 23 heavy (non-hydrogen) atoms. The Kier molecular flexibility index (Phi) is 5.38. The number of carbonyl (C=O) groups is 1. The van der Waals surface area contributed by atoms with Gasteiger partial charge >= 0.3 is 6.18 Å². The molecule has 1 heterocycles. The first-order chi connectivity index (χ1) is 10.6. The predicted molar refractivity (Wildman–Crippen MR) is 85.1 cm³/mol. The Hall–Kier alpha value is -0.720. The summed E-state index contributed by atoms with van der Waals surface area (Å²) in [7, 11) is 0. The van der Waals surface area contributed by atoms with Gasteiger partial charge in [-0.3, -0.25) is 9.78 Å². The molecule has 0 bridgehead atoms. The molecule has 2 nitrogen and oxygen atoms in total. The molecule has 10 heteroatoms. The van der Waals surface area contributed by atoms with Gasteiger partial charge in [0.2, 0.25) is 0 Å². The quantitative estimate of drug-likeness (QED) is 0.300. The summed E-state index contributed by atoms with van der Waals surface area (Å²) in [5.41, 5.74) is -2.66. The molecule has 0 N–H and O–H groups in total. The normalized spacial score (nSPS) is 11.7. The van der Waals surface area contributed by atoms with E-state index < -0.39 is 17.4 Å². The maximum absolute atomic E-state index is 13.2. The zero-order valence-electron chi connectivity index (χ0n) is 10.6. The summed E-state index contributed by atoms with van der Waals surface area (Å²) in [5, 5.41) is -1.52. The van der Waals surface area contributed by atoms with Crippen LogP contribution in [0.5, 0.6) is 0 Å². The molecule has 0 fully saturated rings. The lowest BCUT2D eigenvalue weighted by Gasteiger charge is -2.18. The number of rotatable bonds is 2. The summed E-state index contributed by atoms with van der Waals surface area (Å²) < 4.78 is 39.7. The van der Waals surface area contributed by atoms with Crippen molar-refractivity contribution in [3.05, 3.63) is 48.6 Å². The minimum Gasteiger partial charge on any atom is -0.298 e. The summed E-state index contributed by atoms with van der Waals surface area (Å²) in [6.07, 6.45) is -3.80. The molecule has 0 unspecified atom stereocenters. The van der Waals surface area contributed by atoms with Crippen LogP contribution >= 0.6 is 58.0 Å². The van der Waals surface area contributed by atoms with Crippen molar-refractivity contribution >= 4 is 64.3 Å². The van der Waals surface area contributed by atoms with Crippen molar-refractivity contribution in [2.24, 2.45) is 0 Å². The van der Waals surface area contributed by atoms with Gasteiger partial charge in [0.25, 0.3) is 0 Å². The van der Waals surface area contributed by atoms with Crippen molar-refractivity contribution < 1.29 is 18.0 Å². The zero-order valence-corrected chi connectivity index (χ0v) is 14.4. The van der Waals surface area contributed by atoms with Crippen molar-refractivity contribution in [1.29, 1.82) is 0 Å². The van der Waals surface area contributed by atoms with Crippen LogP contribution in [0.2, 0.25) is 25.1 Å². The zero-order chi connectivity index (χ0) is 17.5. The molecule has 0 aliphatic heterocycles. The maximum Gasteiger partial charge on any atom is 0.433 e. The van der Waals surface area contributed by atoms with Crippen LogP contribution in [0.4, 0.5) is 13.2 Å². The van der Waals surface area contributed by atoms with Gasteiger partial charge in [0.15, 0.2) is 12.0 Å². The van der Waals surface area contributed by atoms with Crippen LogP contribution in [-0.4, -0.2) is 11.3 Å². The molecule has 0 radical (unpaired) electrons. The fourth-order valence-electron chi connectivity index (χ4n) is 1.88. The molecule has 0 saturated heterocycles. The van der Waals surface area contributed by atoms with Gasteiger partial charge in [-0.2, -0.15) is 13.2 Å². The molecule has 2 aromatic rings. The van der Waals surface area contributed by atoms with Gasteiger partial charge in [0.05, 0.1) is 25.1 Å². The first-order valence-electron chi connectivity index (χ1n) is 5.64. The smallest absolute Gasteiger partial charge is 0.298 e.